The van der Waals surface area contributed by atoms with E-state index in [2.05, 4.69) is 5.32 Å². The van der Waals surface area contributed by atoms with Crippen LogP contribution in [0.3, 0.4) is 0 Å². The molecule has 1 aliphatic rings. The number of carbonyl (C=O) groups is 1. The summed E-state index contributed by atoms with van der Waals surface area (Å²) in [5.74, 6) is -0.0857. The van der Waals surface area contributed by atoms with Gasteiger partial charge in [-0.3, -0.25) is 4.79 Å². The molecule has 11 heavy (non-hydrogen) atoms. The van der Waals surface area contributed by atoms with Crippen molar-refractivity contribution in [2.75, 3.05) is 12.5 Å². The average Bonchev–Trinajstić information content (AvgIpc) is 2.37. The number of amides is 1. The van der Waals surface area contributed by atoms with Crippen molar-refractivity contribution in [1.82, 2.24) is 5.32 Å². The Hall–Kier alpha value is -0.280. The molecule has 0 bridgehead atoms. The van der Waals surface area contributed by atoms with Crippen molar-refractivity contribution < 1.29 is 9.53 Å². The SMILES string of the molecule is CC1OCCC1NC(=O)CCl. The fourth-order valence-electron chi connectivity index (χ4n) is 1.17. The minimum atomic E-state index is -0.117. The van der Waals surface area contributed by atoms with Crippen molar-refractivity contribution in [1.29, 1.82) is 0 Å². The summed E-state index contributed by atoms with van der Waals surface area (Å²) in [6, 6.07) is 0.154. The van der Waals surface area contributed by atoms with Gasteiger partial charge < -0.3 is 10.1 Å². The van der Waals surface area contributed by atoms with E-state index in [-0.39, 0.29) is 23.9 Å². The summed E-state index contributed by atoms with van der Waals surface area (Å²) in [5.41, 5.74) is 0. The van der Waals surface area contributed by atoms with E-state index in [1.807, 2.05) is 6.92 Å². The number of alkyl halides is 1. The first-order chi connectivity index (χ1) is 5.24. The second-order valence-corrected chi connectivity index (χ2v) is 2.94. The van der Waals surface area contributed by atoms with Crippen LogP contribution in [0.1, 0.15) is 13.3 Å². The van der Waals surface area contributed by atoms with Crippen molar-refractivity contribution >= 4 is 17.5 Å². The maximum absolute atomic E-state index is 10.8. The Kier molecular flexibility index (Phi) is 3.15. The highest BCUT2D eigenvalue weighted by molar-refractivity contribution is 6.27. The predicted octanol–water partition coefficient (Wildman–Crippen LogP) is 0.519. The summed E-state index contributed by atoms with van der Waals surface area (Å²) in [5, 5.41) is 2.78. The quantitative estimate of drug-likeness (QED) is 0.625. The molecule has 64 valence electrons. The Bertz CT molecular complexity index is 151. The van der Waals surface area contributed by atoms with Crippen LogP contribution < -0.4 is 5.32 Å². The van der Waals surface area contributed by atoms with Crippen molar-refractivity contribution in [2.24, 2.45) is 0 Å². The molecule has 1 heterocycles. The van der Waals surface area contributed by atoms with Crippen LogP contribution in [0.25, 0.3) is 0 Å². The van der Waals surface area contributed by atoms with Crippen LogP contribution >= 0.6 is 11.6 Å². The van der Waals surface area contributed by atoms with E-state index >= 15 is 0 Å². The summed E-state index contributed by atoms with van der Waals surface area (Å²) >= 11 is 5.33. The highest BCUT2D eigenvalue weighted by atomic mass is 35.5. The second kappa shape index (κ2) is 3.93. The number of rotatable bonds is 2. The van der Waals surface area contributed by atoms with Crippen LogP contribution in [-0.2, 0) is 9.53 Å². The minimum Gasteiger partial charge on any atom is -0.376 e. The van der Waals surface area contributed by atoms with Crippen molar-refractivity contribution in [2.45, 2.75) is 25.5 Å². The van der Waals surface area contributed by atoms with Gasteiger partial charge in [0, 0.05) is 6.61 Å². The van der Waals surface area contributed by atoms with E-state index in [1.165, 1.54) is 0 Å². The Labute approximate surface area is 71.1 Å². The van der Waals surface area contributed by atoms with Gasteiger partial charge in [0.05, 0.1) is 12.1 Å². The Morgan fingerprint density at radius 3 is 3.00 bits per heavy atom. The molecule has 1 fully saturated rings. The third kappa shape index (κ3) is 2.34. The largest absolute Gasteiger partial charge is 0.376 e. The van der Waals surface area contributed by atoms with Gasteiger partial charge in [0.2, 0.25) is 5.91 Å². The van der Waals surface area contributed by atoms with Crippen molar-refractivity contribution in [3.05, 3.63) is 0 Å². The van der Waals surface area contributed by atoms with Crippen LogP contribution in [-0.4, -0.2) is 30.5 Å². The summed E-state index contributed by atoms with van der Waals surface area (Å²) in [4.78, 5) is 10.8. The van der Waals surface area contributed by atoms with Crippen LogP contribution in [0.2, 0.25) is 0 Å². The maximum Gasteiger partial charge on any atom is 0.235 e. The van der Waals surface area contributed by atoms with Crippen LogP contribution in [0.15, 0.2) is 0 Å². The lowest BCUT2D eigenvalue weighted by Gasteiger charge is -2.14. The van der Waals surface area contributed by atoms with Gasteiger partial charge in [-0.05, 0) is 13.3 Å². The summed E-state index contributed by atoms with van der Waals surface area (Å²) in [7, 11) is 0. The number of hydrogen-bond acceptors (Lipinski definition) is 2. The zero-order valence-corrected chi connectivity index (χ0v) is 7.23. The molecule has 1 amide bonds. The maximum atomic E-state index is 10.8. The minimum absolute atomic E-state index is 0.0310. The first-order valence-electron chi connectivity index (χ1n) is 3.71. The van der Waals surface area contributed by atoms with E-state index in [4.69, 9.17) is 16.3 Å². The fraction of sp³-hybridized carbons (Fsp3) is 0.857. The van der Waals surface area contributed by atoms with Gasteiger partial charge in [-0.15, -0.1) is 11.6 Å². The first-order valence-corrected chi connectivity index (χ1v) is 4.24. The number of hydrogen-bond donors (Lipinski definition) is 1. The third-order valence-corrected chi connectivity index (χ3v) is 2.09. The van der Waals surface area contributed by atoms with Gasteiger partial charge in [0.15, 0.2) is 0 Å². The molecule has 1 N–H and O–H groups in total. The van der Waals surface area contributed by atoms with Crippen LogP contribution in [0.4, 0.5) is 0 Å². The smallest absolute Gasteiger partial charge is 0.235 e. The molecule has 0 saturated carbocycles. The topological polar surface area (TPSA) is 38.3 Å². The fourth-order valence-corrected chi connectivity index (χ4v) is 1.24. The van der Waals surface area contributed by atoms with Crippen molar-refractivity contribution in [3.8, 4) is 0 Å². The average molecular weight is 178 g/mol. The van der Waals surface area contributed by atoms with Gasteiger partial charge in [-0.1, -0.05) is 0 Å². The number of carbonyl (C=O) groups excluding carboxylic acids is 1. The Morgan fingerprint density at radius 1 is 1.82 bits per heavy atom. The first kappa shape index (κ1) is 8.81. The third-order valence-electron chi connectivity index (χ3n) is 1.84. The summed E-state index contributed by atoms with van der Waals surface area (Å²) < 4.78 is 5.25. The molecule has 2 unspecified atom stereocenters. The molecule has 0 radical (unpaired) electrons. The summed E-state index contributed by atoms with van der Waals surface area (Å²) in [6.45, 7) is 2.68. The van der Waals surface area contributed by atoms with Gasteiger partial charge in [-0.2, -0.15) is 0 Å². The molecule has 1 aliphatic heterocycles. The molecular weight excluding hydrogens is 166 g/mol. The standard InChI is InChI=1S/C7H12ClNO2/c1-5-6(2-3-11-5)9-7(10)4-8/h5-6H,2-4H2,1H3,(H,9,10). The molecule has 0 aromatic rings. The lowest BCUT2D eigenvalue weighted by atomic mass is 10.1. The van der Waals surface area contributed by atoms with Crippen LogP contribution in [0.5, 0.6) is 0 Å². The molecule has 1 saturated heterocycles. The molecule has 0 aliphatic carbocycles. The van der Waals surface area contributed by atoms with E-state index < -0.39 is 0 Å². The highest BCUT2D eigenvalue weighted by Crippen LogP contribution is 2.12. The van der Waals surface area contributed by atoms with Gasteiger partial charge in [-0.25, -0.2) is 0 Å². The number of ether oxygens (including phenoxy) is 1. The Balaban J connectivity index is 2.30. The molecule has 2 atom stereocenters. The Morgan fingerprint density at radius 2 is 2.55 bits per heavy atom. The van der Waals surface area contributed by atoms with E-state index in [0.29, 0.717) is 0 Å². The molecular formula is C7H12ClNO2. The normalized spacial score (nSPS) is 30.4. The molecule has 0 spiro atoms. The summed E-state index contributed by atoms with van der Waals surface area (Å²) in [6.07, 6.45) is 1.02. The zero-order valence-electron chi connectivity index (χ0n) is 6.47. The van der Waals surface area contributed by atoms with E-state index in [1.54, 1.807) is 0 Å². The molecule has 1 rings (SSSR count). The molecule has 3 nitrogen and oxygen atoms in total. The molecule has 0 aromatic heterocycles. The highest BCUT2D eigenvalue weighted by Gasteiger charge is 2.24. The van der Waals surface area contributed by atoms with E-state index in [0.717, 1.165) is 13.0 Å². The van der Waals surface area contributed by atoms with Crippen LogP contribution in [0, 0.1) is 0 Å². The van der Waals surface area contributed by atoms with Crippen molar-refractivity contribution in [3.63, 3.8) is 0 Å². The lowest BCUT2D eigenvalue weighted by molar-refractivity contribution is -0.119. The number of nitrogens with one attached hydrogen (secondary N) is 1. The number of halogens is 1. The van der Waals surface area contributed by atoms with Gasteiger partial charge >= 0.3 is 0 Å². The lowest BCUT2D eigenvalue weighted by Crippen LogP contribution is -2.39. The zero-order chi connectivity index (χ0) is 8.27. The van der Waals surface area contributed by atoms with Gasteiger partial charge in [0.25, 0.3) is 0 Å². The van der Waals surface area contributed by atoms with Gasteiger partial charge in [0.1, 0.15) is 5.88 Å². The molecule has 0 aromatic carbocycles. The predicted molar refractivity (Wildman–Crippen MR) is 42.7 cm³/mol. The second-order valence-electron chi connectivity index (χ2n) is 2.67. The molecule has 4 heteroatoms. The monoisotopic (exact) mass is 177 g/mol. The van der Waals surface area contributed by atoms with E-state index in [9.17, 15) is 4.79 Å².